The van der Waals surface area contributed by atoms with Crippen molar-refractivity contribution in [1.29, 1.82) is 0 Å². The average Bonchev–Trinajstić information content (AvgIpc) is 2.04. The largest absolute Gasteiger partial charge is 0.481 e. The molecule has 0 radical (unpaired) electrons. The van der Waals surface area contributed by atoms with E-state index in [0.29, 0.717) is 0 Å². The third kappa shape index (κ3) is 43.0. The topological polar surface area (TPSA) is 209 Å². The van der Waals surface area contributed by atoms with Crippen LogP contribution in [0, 0.1) is 0 Å². The number of rotatable bonds is 6. The van der Waals surface area contributed by atoms with E-state index in [1.54, 1.807) is 0 Å². The zero-order valence-corrected chi connectivity index (χ0v) is 16.6. The van der Waals surface area contributed by atoms with E-state index in [-0.39, 0.29) is 0 Å². The Bertz CT molecular complexity index is 493. The molecule has 0 aromatic rings. The lowest BCUT2D eigenvalue weighted by Crippen LogP contribution is -2.15. The van der Waals surface area contributed by atoms with Gasteiger partial charge in [-0.2, -0.15) is 0 Å². The number of hydrogen-bond donors (Lipinski definition) is 5. The summed E-state index contributed by atoms with van der Waals surface area (Å²) in [7, 11) is -9.72. The lowest BCUT2D eigenvalue weighted by Gasteiger charge is -1.97. The zero-order valence-electron chi connectivity index (χ0n) is 13.2. The fraction of sp³-hybridized carbons (Fsp3) is 0.667. The Balaban J connectivity index is -0.000000276. The number of carboxylic acids is 1. The first-order chi connectivity index (χ1) is 10.2. The number of carbonyl (C=O) groups excluding carboxylic acids is 2. The molecule has 0 aromatic carbocycles. The molecule has 6 N–H and O–H groups in total. The van der Waals surface area contributed by atoms with E-state index in [9.17, 15) is 28.1 Å². The van der Waals surface area contributed by atoms with Crippen molar-refractivity contribution < 1.29 is 47.9 Å². The highest BCUT2D eigenvalue weighted by atomic mass is 35.5. The van der Waals surface area contributed by atoms with E-state index in [4.69, 9.17) is 31.4 Å². The van der Waals surface area contributed by atoms with Gasteiger partial charge in [0.15, 0.2) is 0 Å². The van der Waals surface area contributed by atoms with Crippen molar-refractivity contribution in [2.75, 3.05) is 38.5 Å². The molecule has 0 fully saturated rings. The smallest absolute Gasteiger partial charge is 0.313 e. The number of nitrogens with two attached hydrogens (primary N) is 1. The van der Waals surface area contributed by atoms with Crippen LogP contribution in [0.25, 0.3) is 0 Å². The number of carbonyl (C=O) groups is 3. The molecule has 0 heterocycles. The van der Waals surface area contributed by atoms with Gasteiger partial charge in [0.1, 0.15) is 12.3 Å². The van der Waals surface area contributed by atoms with Crippen LogP contribution in [-0.2, 0) is 28.1 Å². The molecule has 3 atom stereocenters. The van der Waals surface area contributed by atoms with E-state index in [2.05, 4.69) is 5.73 Å². The summed E-state index contributed by atoms with van der Waals surface area (Å²) in [6.07, 6.45) is -1.51. The SMILES string of the molecule is CP(=O)(O)CC(=O)Cl.CP(=O)(O)CC(=O)O.CP(=O)(O)CC(N)=O. The molecule has 24 heavy (non-hydrogen) atoms. The molecular formula is C9H21ClNO10P3. The van der Waals surface area contributed by atoms with Gasteiger partial charge in [0.25, 0.3) is 0 Å². The van der Waals surface area contributed by atoms with Gasteiger partial charge in [-0.25, -0.2) is 0 Å². The van der Waals surface area contributed by atoms with Crippen molar-refractivity contribution >= 4 is 50.8 Å². The third-order valence-electron chi connectivity index (χ3n) is 1.30. The maximum absolute atomic E-state index is 10.3. The van der Waals surface area contributed by atoms with Gasteiger partial charge in [0, 0.05) is 20.0 Å². The van der Waals surface area contributed by atoms with E-state index in [1.807, 2.05) is 0 Å². The van der Waals surface area contributed by atoms with Crippen LogP contribution in [0.2, 0.25) is 0 Å². The van der Waals surface area contributed by atoms with Crippen LogP contribution < -0.4 is 5.73 Å². The van der Waals surface area contributed by atoms with E-state index in [1.165, 1.54) is 0 Å². The summed E-state index contributed by atoms with van der Waals surface area (Å²) in [4.78, 5) is 54.7. The molecule has 11 nitrogen and oxygen atoms in total. The second-order valence-electron chi connectivity index (χ2n) is 4.84. The normalized spacial score (nSPS) is 17.3. The molecule has 0 saturated heterocycles. The first-order valence-corrected chi connectivity index (χ1v) is 13.1. The van der Waals surface area contributed by atoms with Crippen LogP contribution in [0.3, 0.4) is 0 Å². The van der Waals surface area contributed by atoms with Gasteiger partial charge in [-0.3, -0.25) is 28.1 Å². The monoisotopic (exact) mass is 431 g/mol. The van der Waals surface area contributed by atoms with Gasteiger partial charge < -0.3 is 25.5 Å². The molecule has 1 amide bonds. The molecule has 144 valence electrons. The summed E-state index contributed by atoms with van der Waals surface area (Å²) in [5, 5.41) is 7.15. The van der Waals surface area contributed by atoms with Gasteiger partial charge in [-0.15, -0.1) is 0 Å². The van der Waals surface area contributed by atoms with Gasteiger partial charge in [0.05, 0.1) is 6.16 Å². The molecule has 0 bridgehead atoms. The number of hydrogen-bond acceptors (Lipinski definition) is 6. The predicted octanol–water partition coefficient (Wildman–Crippen LogP) is -0.00490. The van der Waals surface area contributed by atoms with Gasteiger partial charge in [-0.1, -0.05) is 0 Å². The molecule has 0 saturated carbocycles. The molecular weight excluding hydrogens is 410 g/mol. The number of primary amides is 1. The Labute approximate surface area is 143 Å². The highest BCUT2D eigenvalue weighted by Gasteiger charge is 2.14. The first kappa shape index (κ1) is 28.3. The predicted molar refractivity (Wildman–Crippen MR) is 89.5 cm³/mol. The minimum Gasteiger partial charge on any atom is -0.481 e. The van der Waals surface area contributed by atoms with E-state index in [0.717, 1.165) is 20.0 Å². The van der Waals surface area contributed by atoms with Crippen LogP contribution in [0.15, 0.2) is 0 Å². The second kappa shape index (κ2) is 11.9. The van der Waals surface area contributed by atoms with Crippen LogP contribution in [0.4, 0.5) is 0 Å². The molecule has 0 spiro atoms. The Morgan fingerprint density at radius 1 is 0.833 bits per heavy atom. The Morgan fingerprint density at radius 3 is 1.12 bits per heavy atom. The quantitative estimate of drug-likeness (QED) is 0.280. The van der Waals surface area contributed by atoms with Crippen LogP contribution in [0.1, 0.15) is 0 Å². The summed E-state index contributed by atoms with van der Waals surface area (Å²) in [6.45, 7) is 3.20. The maximum atomic E-state index is 10.3. The minimum absolute atomic E-state index is 0.424. The second-order valence-corrected chi connectivity index (χ2v) is 12.5. The van der Waals surface area contributed by atoms with E-state index >= 15 is 0 Å². The highest BCUT2D eigenvalue weighted by Crippen LogP contribution is 2.35. The van der Waals surface area contributed by atoms with E-state index < -0.39 is 57.7 Å². The fourth-order valence-electron chi connectivity index (χ4n) is 0.771. The van der Waals surface area contributed by atoms with Crippen molar-refractivity contribution in [3.8, 4) is 0 Å². The summed E-state index contributed by atoms with van der Waals surface area (Å²) in [6, 6.07) is 0. The number of halogens is 1. The lowest BCUT2D eigenvalue weighted by molar-refractivity contribution is -0.134. The highest BCUT2D eigenvalue weighted by molar-refractivity contribution is 7.58. The van der Waals surface area contributed by atoms with Gasteiger partial charge in [-0.05, 0) is 11.6 Å². The Morgan fingerprint density at radius 2 is 1.12 bits per heavy atom. The molecule has 0 aliphatic rings. The van der Waals surface area contributed by atoms with Gasteiger partial charge >= 0.3 is 5.97 Å². The summed E-state index contributed by atoms with van der Waals surface area (Å²) in [5.74, 6) is -1.98. The van der Waals surface area contributed by atoms with Crippen molar-refractivity contribution in [2.45, 2.75) is 0 Å². The average molecular weight is 432 g/mol. The standard InChI is InChI=1S/C3H6ClO3P.C3H8NO3P.C3H7O4P/c3*1-8(6,7)2-3(4)5/h2H2,1H3,(H,6,7);2H2,1H3,(H2,4,5)(H,6,7);2H2,1H3,(H,4,5)(H,6,7). The van der Waals surface area contributed by atoms with Crippen molar-refractivity contribution in [2.24, 2.45) is 5.73 Å². The summed E-state index contributed by atoms with van der Waals surface area (Å²) in [5.41, 5.74) is 4.61. The summed E-state index contributed by atoms with van der Waals surface area (Å²) >= 11 is 4.79. The third-order valence-corrected chi connectivity index (χ3v) is 4.25. The van der Waals surface area contributed by atoms with Crippen LogP contribution in [0.5, 0.6) is 0 Å². The van der Waals surface area contributed by atoms with Crippen LogP contribution in [-0.4, -0.2) is 75.4 Å². The zero-order chi connectivity index (χ0) is 20.4. The Kier molecular flexibility index (Phi) is 14.1. The maximum Gasteiger partial charge on any atom is 0.313 e. The number of carboxylic acid groups (broad SMARTS) is 1. The van der Waals surface area contributed by atoms with Crippen molar-refractivity contribution in [1.82, 2.24) is 0 Å². The fourth-order valence-corrected chi connectivity index (χ4v) is 2.98. The van der Waals surface area contributed by atoms with Crippen molar-refractivity contribution in [3.05, 3.63) is 0 Å². The molecule has 0 rings (SSSR count). The molecule has 15 heteroatoms. The minimum atomic E-state index is -3.32. The number of amides is 1. The van der Waals surface area contributed by atoms with Crippen molar-refractivity contribution in [3.63, 3.8) is 0 Å². The molecule has 3 unspecified atom stereocenters. The van der Waals surface area contributed by atoms with Gasteiger partial charge in [0.2, 0.25) is 33.3 Å². The molecule has 0 aliphatic carbocycles. The Hall–Kier alpha value is -0.530. The number of aliphatic carboxylic acids is 1. The molecule has 0 aromatic heterocycles. The first-order valence-electron chi connectivity index (χ1n) is 5.81. The molecule has 0 aliphatic heterocycles. The van der Waals surface area contributed by atoms with Crippen LogP contribution >= 0.6 is 33.7 Å². The lowest BCUT2D eigenvalue weighted by atomic mass is 10.8. The summed E-state index contributed by atoms with van der Waals surface area (Å²) < 4.78 is 30.8.